The maximum atomic E-state index is 15.3. The van der Waals surface area contributed by atoms with Gasteiger partial charge in [0.05, 0.1) is 29.0 Å². The Kier molecular flexibility index (Phi) is 5.95. The molecule has 180 valence electrons. The number of H-pyrrole nitrogens is 1. The Labute approximate surface area is 194 Å². The molecule has 5 rings (SSSR count). The Morgan fingerprint density at radius 2 is 1.85 bits per heavy atom. The van der Waals surface area contributed by atoms with Crippen LogP contribution >= 0.6 is 0 Å². The zero-order chi connectivity index (χ0) is 23.9. The molecule has 1 aliphatic carbocycles. The van der Waals surface area contributed by atoms with Gasteiger partial charge < -0.3 is 9.72 Å². The van der Waals surface area contributed by atoms with E-state index in [-0.39, 0.29) is 25.4 Å². The molecule has 2 heterocycles. The lowest BCUT2D eigenvalue weighted by molar-refractivity contribution is -0.179. The van der Waals surface area contributed by atoms with Gasteiger partial charge in [-0.25, -0.2) is 14.2 Å². The number of imidazole rings is 1. The molecule has 0 spiro atoms. The number of hydrogen-bond donors (Lipinski definition) is 1. The van der Waals surface area contributed by atoms with E-state index in [9.17, 15) is 18.0 Å². The molecule has 3 atom stereocenters. The molecule has 9 heteroatoms. The van der Waals surface area contributed by atoms with Gasteiger partial charge in [0.1, 0.15) is 18.5 Å². The third-order valence-electron chi connectivity index (χ3n) is 7.09. The minimum Gasteiger partial charge on any atom is -0.447 e. The SMILES string of the molecule is O=C1OCC(c2ccc(C3CCCCC(C(F)(F)F)CC3)cc2F)N1c1ccc2nc[nH]c2c1. The number of benzene rings is 2. The van der Waals surface area contributed by atoms with Crippen molar-refractivity contribution in [3.8, 4) is 0 Å². The number of alkyl halides is 3. The van der Waals surface area contributed by atoms with Crippen LogP contribution in [0.3, 0.4) is 0 Å². The highest BCUT2D eigenvalue weighted by Gasteiger charge is 2.40. The molecule has 1 N–H and O–H groups in total. The van der Waals surface area contributed by atoms with E-state index in [4.69, 9.17) is 4.74 Å². The van der Waals surface area contributed by atoms with Gasteiger partial charge in [0.15, 0.2) is 0 Å². The Bertz CT molecular complexity index is 1190. The summed E-state index contributed by atoms with van der Waals surface area (Å²) in [4.78, 5) is 21.1. The summed E-state index contributed by atoms with van der Waals surface area (Å²) in [5.41, 5.74) is 3.08. The molecule has 34 heavy (non-hydrogen) atoms. The average Bonchev–Trinajstić information content (AvgIpc) is 3.38. The molecule has 2 aromatic carbocycles. The molecule has 1 aromatic heterocycles. The number of carbonyl (C=O) groups excluding carboxylic acids is 1. The fourth-order valence-electron chi connectivity index (χ4n) is 5.21. The van der Waals surface area contributed by atoms with Crippen molar-refractivity contribution in [1.82, 2.24) is 9.97 Å². The molecule has 3 aromatic rings. The van der Waals surface area contributed by atoms with Gasteiger partial charge in [0.25, 0.3) is 0 Å². The summed E-state index contributed by atoms with van der Waals surface area (Å²) in [5.74, 6) is -1.89. The topological polar surface area (TPSA) is 58.2 Å². The fourth-order valence-corrected chi connectivity index (χ4v) is 5.21. The van der Waals surface area contributed by atoms with Crippen molar-refractivity contribution in [2.45, 2.75) is 56.7 Å². The minimum absolute atomic E-state index is 0.00675. The van der Waals surface area contributed by atoms with Gasteiger partial charge in [-0.3, -0.25) is 4.90 Å². The van der Waals surface area contributed by atoms with Gasteiger partial charge in [0.2, 0.25) is 0 Å². The van der Waals surface area contributed by atoms with Crippen molar-refractivity contribution in [3.63, 3.8) is 0 Å². The smallest absolute Gasteiger partial charge is 0.415 e. The number of nitrogens with one attached hydrogen (secondary N) is 1. The summed E-state index contributed by atoms with van der Waals surface area (Å²) in [6, 6.07) is 9.47. The molecule has 2 fully saturated rings. The maximum Gasteiger partial charge on any atom is 0.415 e. The second-order valence-electron chi connectivity index (χ2n) is 9.14. The predicted molar refractivity (Wildman–Crippen MR) is 119 cm³/mol. The summed E-state index contributed by atoms with van der Waals surface area (Å²) in [6.07, 6.45) is -0.631. The van der Waals surface area contributed by atoms with Crippen molar-refractivity contribution < 1.29 is 27.1 Å². The molecular weight excluding hydrogens is 450 g/mol. The van der Waals surface area contributed by atoms with Crippen molar-refractivity contribution in [1.29, 1.82) is 0 Å². The van der Waals surface area contributed by atoms with Crippen LogP contribution in [0.4, 0.5) is 28.0 Å². The van der Waals surface area contributed by atoms with Crippen LogP contribution in [0.2, 0.25) is 0 Å². The minimum atomic E-state index is -4.19. The summed E-state index contributed by atoms with van der Waals surface area (Å²) in [6.45, 7) is 0.00675. The molecule has 2 aliphatic rings. The Morgan fingerprint density at radius 1 is 1.03 bits per heavy atom. The molecule has 3 unspecified atom stereocenters. The molecule has 1 amide bonds. The Morgan fingerprint density at radius 3 is 2.65 bits per heavy atom. The van der Waals surface area contributed by atoms with E-state index < -0.39 is 30.0 Å². The van der Waals surface area contributed by atoms with E-state index in [2.05, 4.69) is 9.97 Å². The van der Waals surface area contributed by atoms with Crippen LogP contribution < -0.4 is 4.90 Å². The molecular formula is C25H25F4N3O2. The lowest BCUT2D eigenvalue weighted by Gasteiger charge is -2.27. The summed E-state index contributed by atoms with van der Waals surface area (Å²) < 4.78 is 60.3. The molecule has 1 aliphatic heterocycles. The van der Waals surface area contributed by atoms with Gasteiger partial charge in [-0.2, -0.15) is 13.2 Å². The van der Waals surface area contributed by atoms with Crippen molar-refractivity contribution in [3.05, 3.63) is 59.7 Å². The number of halogens is 4. The number of cyclic esters (lactones) is 1. The standard InChI is InChI=1S/C25H25F4N3O2/c26-20-11-16(15-3-1-2-4-17(7-5-15)25(27,28)29)6-9-19(20)23-13-34-24(33)32(23)18-8-10-21-22(12-18)31-14-30-21/h6,8-12,14-15,17,23H,1-5,7,13H2,(H,30,31). The van der Waals surface area contributed by atoms with E-state index in [1.165, 1.54) is 11.0 Å². The number of ether oxygens (including phenoxy) is 1. The van der Waals surface area contributed by atoms with Crippen molar-refractivity contribution in [2.24, 2.45) is 5.92 Å². The maximum absolute atomic E-state index is 15.3. The third-order valence-corrected chi connectivity index (χ3v) is 7.09. The van der Waals surface area contributed by atoms with Gasteiger partial charge in [-0.1, -0.05) is 25.0 Å². The van der Waals surface area contributed by atoms with Crippen molar-refractivity contribution >= 4 is 22.8 Å². The summed E-state index contributed by atoms with van der Waals surface area (Å²) in [7, 11) is 0. The number of aromatic nitrogens is 2. The fraction of sp³-hybridized carbons (Fsp3) is 0.440. The van der Waals surface area contributed by atoms with Crippen LogP contribution in [-0.4, -0.2) is 28.8 Å². The Balaban J connectivity index is 1.38. The second kappa shape index (κ2) is 8.92. The first-order chi connectivity index (χ1) is 16.3. The van der Waals surface area contributed by atoms with Crippen LogP contribution in [0.15, 0.2) is 42.7 Å². The van der Waals surface area contributed by atoms with Gasteiger partial charge in [0, 0.05) is 5.56 Å². The van der Waals surface area contributed by atoms with Gasteiger partial charge in [-0.05, 0) is 61.4 Å². The van der Waals surface area contributed by atoms with Crippen LogP contribution in [0, 0.1) is 11.7 Å². The first-order valence-electron chi connectivity index (χ1n) is 11.6. The van der Waals surface area contributed by atoms with E-state index in [0.717, 1.165) is 17.5 Å². The molecule has 0 bridgehead atoms. The number of anilines is 1. The predicted octanol–water partition coefficient (Wildman–Crippen LogP) is 7.02. The summed E-state index contributed by atoms with van der Waals surface area (Å²) >= 11 is 0. The zero-order valence-corrected chi connectivity index (χ0v) is 18.4. The number of amides is 1. The van der Waals surface area contributed by atoms with Crippen molar-refractivity contribution in [2.75, 3.05) is 11.5 Å². The first-order valence-corrected chi connectivity index (χ1v) is 11.6. The second-order valence-corrected chi connectivity index (χ2v) is 9.14. The lowest BCUT2D eigenvalue weighted by atomic mass is 9.81. The lowest BCUT2D eigenvalue weighted by Crippen LogP contribution is -2.28. The normalized spacial score (nSPS) is 24.2. The quantitative estimate of drug-likeness (QED) is 0.414. The van der Waals surface area contributed by atoms with E-state index in [1.54, 1.807) is 36.7 Å². The number of hydrogen-bond acceptors (Lipinski definition) is 3. The van der Waals surface area contributed by atoms with E-state index in [1.807, 2.05) is 0 Å². The number of rotatable bonds is 3. The van der Waals surface area contributed by atoms with E-state index in [0.29, 0.717) is 36.1 Å². The highest BCUT2D eigenvalue weighted by molar-refractivity contribution is 5.93. The van der Waals surface area contributed by atoms with Gasteiger partial charge in [-0.15, -0.1) is 0 Å². The number of carbonyl (C=O) groups is 1. The largest absolute Gasteiger partial charge is 0.447 e. The van der Waals surface area contributed by atoms with Crippen LogP contribution in [-0.2, 0) is 4.74 Å². The first kappa shape index (κ1) is 22.7. The Hall–Kier alpha value is -3.10. The molecule has 1 saturated heterocycles. The average molecular weight is 475 g/mol. The van der Waals surface area contributed by atoms with E-state index >= 15 is 4.39 Å². The third kappa shape index (κ3) is 4.35. The van der Waals surface area contributed by atoms with Crippen LogP contribution in [0.1, 0.15) is 61.6 Å². The highest BCUT2D eigenvalue weighted by Crippen LogP contribution is 2.41. The van der Waals surface area contributed by atoms with Crippen LogP contribution in [0.25, 0.3) is 11.0 Å². The summed E-state index contributed by atoms with van der Waals surface area (Å²) in [5, 5.41) is 0. The van der Waals surface area contributed by atoms with Crippen LogP contribution in [0.5, 0.6) is 0 Å². The molecule has 5 nitrogen and oxygen atoms in total. The number of aromatic amines is 1. The molecule has 1 saturated carbocycles. The number of nitrogens with zero attached hydrogens (tertiary/aromatic N) is 2. The number of fused-ring (bicyclic) bond motifs is 1. The zero-order valence-electron chi connectivity index (χ0n) is 18.4. The monoisotopic (exact) mass is 475 g/mol. The van der Waals surface area contributed by atoms with Gasteiger partial charge >= 0.3 is 12.3 Å². The highest BCUT2D eigenvalue weighted by atomic mass is 19.4. The molecule has 0 radical (unpaired) electrons.